The molecular formula is C21H16F3N5O. The molecule has 30 heavy (non-hydrogen) atoms. The first-order valence-electron chi connectivity index (χ1n) is 9.02. The number of hydrogen-bond donors (Lipinski definition) is 1. The molecule has 6 nitrogen and oxygen atoms in total. The Bertz CT molecular complexity index is 1120. The monoisotopic (exact) mass is 411 g/mol. The molecule has 1 aliphatic rings. The number of benzene rings is 2. The molecule has 0 fully saturated rings. The Morgan fingerprint density at radius 2 is 1.80 bits per heavy atom. The molecular weight excluding hydrogens is 395 g/mol. The Morgan fingerprint density at radius 1 is 1.00 bits per heavy atom. The molecule has 0 aliphatic carbocycles. The standard InChI is InChI=1S/C21H16F3N5O/c22-21(23,24)15-3-1-2-13(10-15)11-16-12-18(29-28-16)14-4-6-17(7-5-14)30-19-8-9-26-20(25)27-19/h1-10H,11-12H2,(H2,25,26,27). The van der Waals surface area contributed by atoms with E-state index in [1.165, 1.54) is 12.3 Å². The number of aromatic nitrogens is 2. The number of hydrogen-bond acceptors (Lipinski definition) is 6. The van der Waals surface area contributed by atoms with E-state index in [1.807, 2.05) is 12.1 Å². The Balaban J connectivity index is 1.38. The van der Waals surface area contributed by atoms with Crippen LogP contribution in [0.2, 0.25) is 0 Å². The van der Waals surface area contributed by atoms with E-state index in [9.17, 15) is 13.2 Å². The molecule has 0 spiro atoms. The summed E-state index contributed by atoms with van der Waals surface area (Å²) in [5, 5.41) is 8.33. The minimum Gasteiger partial charge on any atom is -0.439 e. The smallest absolute Gasteiger partial charge is 0.416 e. The number of alkyl halides is 3. The highest BCUT2D eigenvalue weighted by molar-refractivity contribution is 6.15. The highest BCUT2D eigenvalue weighted by atomic mass is 19.4. The lowest BCUT2D eigenvalue weighted by molar-refractivity contribution is -0.137. The lowest BCUT2D eigenvalue weighted by atomic mass is 10.00. The van der Waals surface area contributed by atoms with E-state index in [0.29, 0.717) is 35.7 Å². The van der Waals surface area contributed by atoms with Crippen molar-refractivity contribution in [1.29, 1.82) is 0 Å². The van der Waals surface area contributed by atoms with Gasteiger partial charge in [0.1, 0.15) is 5.75 Å². The Kier molecular flexibility index (Phi) is 5.18. The first-order chi connectivity index (χ1) is 14.4. The summed E-state index contributed by atoms with van der Waals surface area (Å²) in [5.41, 5.74) is 7.72. The van der Waals surface area contributed by atoms with Gasteiger partial charge in [0.25, 0.3) is 0 Å². The zero-order valence-electron chi connectivity index (χ0n) is 15.6. The van der Waals surface area contributed by atoms with Gasteiger partial charge in [0.2, 0.25) is 11.8 Å². The minimum absolute atomic E-state index is 0.120. The number of ether oxygens (including phenoxy) is 1. The maximum absolute atomic E-state index is 12.9. The summed E-state index contributed by atoms with van der Waals surface area (Å²) in [7, 11) is 0. The first-order valence-corrected chi connectivity index (χ1v) is 9.02. The van der Waals surface area contributed by atoms with Gasteiger partial charge in [-0.05, 0) is 41.5 Å². The number of nitrogen functional groups attached to an aromatic ring is 1. The lowest BCUT2D eigenvalue weighted by Crippen LogP contribution is -2.09. The van der Waals surface area contributed by atoms with Crippen LogP contribution in [-0.4, -0.2) is 21.4 Å². The molecule has 152 valence electrons. The van der Waals surface area contributed by atoms with Crippen molar-refractivity contribution in [2.45, 2.75) is 19.0 Å². The first kappa shape index (κ1) is 19.6. The van der Waals surface area contributed by atoms with Crippen molar-refractivity contribution in [2.75, 3.05) is 5.73 Å². The van der Waals surface area contributed by atoms with Gasteiger partial charge in [0.15, 0.2) is 0 Å². The van der Waals surface area contributed by atoms with E-state index in [4.69, 9.17) is 10.5 Å². The van der Waals surface area contributed by atoms with E-state index in [0.717, 1.165) is 23.4 Å². The van der Waals surface area contributed by atoms with Crippen LogP contribution in [-0.2, 0) is 12.6 Å². The number of anilines is 1. The molecule has 0 bridgehead atoms. The second-order valence-electron chi connectivity index (χ2n) is 6.64. The Labute approximate surface area is 170 Å². The van der Waals surface area contributed by atoms with Crippen LogP contribution in [0.4, 0.5) is 19.1 Å². The van der Waals surface area contributed by atoms with Crippen molar-refractivity contribution >= 4 is 17.4 Å². The molecule has 2 aromatic carbocycles. The normalized spacial score (nSPS) is 13.7. The zero-order valence-corrected chi connectivity index (χ0v) is 15.6. The SMILES string of the molecule is Nc1nccc(Oc2ccc(C3=NN=C(Cc4cccc(C(F)(F)F)c4)C3)cc2)n1. The number of halogens is 3. The summed E-state index contributed by atoms with van der Waals surface area (Å²) >= 11 is 0. The topological polar surface area (TPSA) is 85.8 Å². The minimum atomic E-state index is -4.36. The Hall–Kier alpha value is -3.75. The third-order valence-corrected chi connectivity index (χ3v) is 4.40. The fraction of sp³-hybridized carbons (Fsp3) is 0.143. The predicted octanol–water partition coefficient (Wildman–Crippen LogP) is 4.66. The van der Waals surface area contributed by atoms with Crippen molar-refractivity contribution in [3.63, 3.8) is 0 Å². The second kappa shape index (κ2) is 7.94. The zero-order chi connectivity index (χ0) is 21.1. The van der Waals surface area contributed by atoms with Crippen LogP contribution < -0.4 is 10.5 Å². The van der Waals surface area contributed by atoms with Crippen LogP contribution in [0.15, 0.2) is 71.0 Å². The average Bonchev–Trinajstić information content (AvgIpc) is 3.17. The maximum atomic E-state index is 12.9. The van der Waals surface area contributed by atoms with Gasteiger partial charge in [0.05, 0.1) is 17.0 Å². The summed E-state index contributed by atoms with van der Waals surface area (Å²) in [6, 6.07) is 14.1. The molecule has 2 heterocycles. The third kappa shape index (κ3) is 4.62. The van der Waals surface area contributed by atoms with Crippen LogP contribution in [0.3, 0.4) is 0 Å². The lowest BCUT2D eigenvalue weighted by Gasteiger charge is -2.09. The molecule has 0 radical (unpaired) electrons. The third-order valence-electron chi connectivity index (χ3n) is 4.40. The van der Waals surface area contributed by atoms with Crippen LogP contribution >= 0.6 is 0 Å². The molecule has 0 saturated carbocycles. The van der Waals surface area contributed by atoms with Gasteiger partial charge in [-0.15, -0.1) is 0 Å². The van der Waals surface area contributed by atoms with Gasteiger partial charge in [-0.25, -0.2) is 4.98 Å². The van der Waals surface area contributed by atoms with Gasteiger partial charge in [-0.2, -0.15) is 28.4 Å². The highest BCUT2D eigenvalue weighted by Crippen LogP contribution is 2.30. The molecule has 1 aliphatic heterocycles. The van der Waals surface area contributed by atoms with E-state index < -0.39 is 11.7 Å². The number of nitrogens with two attached hydrogens (primary N) is 1. The fourth-order valence-corrected chi connectivity index (χ4v) is 3.00. The quantitative estimate of drug-likeness (QED) is 0.662. The van der Waals surface area contributed by atoms with E-state index in [2.05, 4.69) is 20.2 Å². The van der Waals surface area contributed by atoms with Gasteiger partial charge in [-0.3, -0.25) is 0 Å². The van der Waals surface area contributed by atoms with Crippen LogP contribution in [0.1, 0.15) is 23.1 Å². The van der Waals surface area contributed by atoms with Crippen molar-refractivity contribution in [2.24, 2.45) is 10.2 Å². The summed E-state index contributed by atoms with van der Waals surface area (Å²) in [6.45, 7) is 0. The number of rotatable bonds is 5. The van der Waals surface area contributed by atoms with Crippen LogP contribution in [0.5, 0.6) is 11.6 Å². The average molecular weight is 411 g/mol. The number of nitrogens with zero attached hydrogens (tertiary/aromatic N) is 4. The molecule has 3 aromatic rings. The molecule has 1 aromatic heterocycles. The van der Waals surface area contributed by atoms with Gasteiger partial charge < -0.3 is 10.5 Å². The molecule has 9 heteroatoms. The van der Waals surface area contributed by atoms with Gasteiger partial charge >= 0.3 is 6.18 Å². The van der Waals surface area contributed by atoms with E-state index >= 15 is 0 Å². The van der Waals surface area contributed by atoms with Crippen molar-refractivity contribution in [3.8, 4) is 11.6 Å². The summed E-state index contributed by atoms with van der Waals surface area (Å²) in [6.07, 6.45) is -2.08. The van der Waals surface area contributed by atoms with Crippen molar-refractivity contribution in [1.82, 2.24) is 9.97 Å². The molecule has 0 unspecified atom stereocenters. The molecule has 4 rings (SSSR count). The van der Waals surface area contributed by atoms with Crippen LogP contribution in [0, 0.1) is 0 Å². The summed E-state index contributed by atoms with van der Waals surface area (Å²) < 4.78 is 44.3. The van der Waals surface area contributed by atoms with Gasteiger partial charge in [-0.1, -0.05) is 18.2 Å². The Morgan fingerprint density at radius 3 is 2.53 bits per heavy atom. The maximum Gasteiger partial charge on any atom is 0.416 e. The van der Waals surface area contributed by atoms with Crippen LogP contribution in [0.25, 0.3) is 0 Å². The highest BCUT2D eigenvalue weighted by Gasteiger charge is 2.30. The molecule has 0 amide bonds. The van der Waals surface area contributed by atoms with E-state index in [-0.39, 0.29) is 5.95 Å². The fourth-order valence-electron chi connectivity index (χ4n) is 3.00. The summed E-state index contributed by atoms with van der Waals surface area (Å²) in [5.74, 6) is 1.02. The van der Waals surface area contributed by atoms with Gasteiger partial charge in [0, 0.05) is 25.1 Å². The summed E-state index contributed by atoms with van der Waals surface area (Å²) in [4.78, 5) is 7.78. The van der Waals surface area contributed by atoms with Crippen molar-refractivity contribution < 1.29 is 17.9 Å². The molecule has 0 atom stereocenters. The second-order valence-corrected chi connectivity index (χ2v) is 6.64. The van der Waals surface area contributed by atoms with E-state index in [1.54, 1.807) is 24.3 Å². The molecule has 0 saturated heterocycles. The van der Waals surface area contributed by atoms with Crippen molar-refractivity contribution in [3.05, 3.63) is 77.5 Å². The largest absolute Gasteiger partial charge is 0.439 e. The molecule has 2 N–H and O–H groups in total. The predicted molar refractivity (Wildman–Crippen MR) is 107 cm³/mol.